The molecule has 0 aromatic heterocycles. The summed E-state index contributed by atoms with van der Waals surface area (Å²) in [5.74, 6) is 1.62. The van der Waals surface area contributed by atoms with Crippen molar-refractivity contribution in [3.63, 3.8) is 0 Å². The molecule has 0 bridgehead atoms. The van der Waals surface area contributed by atoms with E-state index in [-0.39, 0.29) is 0 Å². The zero-order valence-electron chi connectivity index (χ0n) is 11.8. The van der Waals surface area contributed by atoms with E-state index in [1.165, 1.54) is 0 Å². The van der Waals surface area contributed by atoms with E-state index in [1.54, 1.807) is 0 Å². The lowest BCUT2D eigenvalue weighted by Gasteiger charge is -2.13. The van der Waals surface area contributed by atoms with Crippen LogP contribution < -0.4 is 15.2 Å². The van der Waals surface area contributed by atoms with Crippen LogP contribution in [0.4, 0.5) is 0 Å². The standard InChI is InChI=1S/C17H21NO2/c1-2-10-19-16-9-8-15(12-18)17(11-16)20-13-14-6-4-3-5-7-14/h3-9,11H,2,10,12-13,18H2,1H3. The summed E-state index contributed by atoms with van der Waals surface area (Å²) < 4.78 is 11.5. The van der Waals surface area contributed by atoms with E-state index in [9.17, 15) is 0 Å². The Bertz CT molecular complexity index is 526. The Hall–Kier alpha value is -2.00. The normalized spacial score (nSPS) is 10.3. The van der Waals surface area contributed by atoms with Crippen molar-refractivity contribution in [1.29, 1.82) is 0 Å². The average molecular weight is 271 g/mol. The highest BCUT2D eigenvalue weighted by molar-refractivity contribution is 5.40. The highest BCUT2D eigenvalue weighted by Gasteiger charge is 2.05. The number of ether oxygens (including phenoxy) is 2. The van der Waals surface area contributed by atoms with Gasteiger partial charge in [0, 0.05) is 18.2 Å². The summed E-state index contributed by atoms with van der Waals surface area (Å²) in [4.78, 5) is 0. The van der Waals surface area contributed by atoms with Crippen LogP contribution in [0.5, 0.6) is 11.5 Å². The van der Waals surface area contributed by atoms with E-state index in [4.69, 9.17) is 15.2 Å². The van der Waals surface area contributed by atoms with Crippen molar-refractivity contribution in [2.24, 2.45) is 5.73 Å². The molecule has 2 N–H and O–H groups in total. The van der Waals surface area contributed by atoms with Gasteiger partial charge in [-0.3, -0.25) is 0 Å². The summed E-state index contributed by atoms with van der Waals surface area (Å²) in [6.45, 7) is 3.78. The molecule has 20 heavy (non-hydrogen) atoms. The summed E-state index contributed by atoms with van der Waals surface area (Å²) in [6, 6.07) is 15.9. The van der Waals surface area contributed by atoms with Gasteiger partial charge in [-0.1, -0.05) is 43.3 Å². The Morgan fingerprint density at radius 3 is 2.50 bits per heavy atom. The first kappa shape index (κ1) is 14.4. The van der Waals surface area contributed by atoms with Crippen molar-refractivity contribution in [2.45, 2.75) is 26.5 Å². The first-order valence-electron chi connectivity index (χ1n) is 6.96. The third-order valence-corrected chi connectivity index (χ3v) is 2.97. The second-order valence-corrected chi connectivity index (χ2v) is 4.60. The minimum atomic E-state index is 0.457. The summed E-state index contributed by atoms with van der Waals surface area (Å²) in [7, 11) is 0. The van der Waals surface area contributed by atoms with Gasteiger partial charge in [0.05, 0.1) is 6.61 Å². The van der Waals surface area contributed by atoms with Gasteiger partial charge in [0.25, 0.3) is 0 Å². The maximum atomic E-state index is 5.87. The predicted octanol–water partition coefficient (Wildman–Crippen LogP) is 3.51. The fraction of sp³-hybridized carbons (Fsp3) is 0.294. The zero-order valence-corrected chi connectivity index (χ0v) is 11.8. The Kier molecular flexibility index (Phi) is 5.44. The molecule has 0 heterocycles. The first-order chi connectivity index (χ1) is 9.83. The molecule has 0 spiro atoms. The quantitative estimate of drug-likeness (QED) is 0.838. The van der Waals surface area contributed by atoms with Crippen LogP contribution in [0, 0.1) is 0 Å². The Labute approximate surface area is 120 Å². The number of rotatable bonds is 7. The lowest BCUT2D eigenvalue weighted by Crippen LogP contribution is -2.04. The van der Waals surface area contributed by atoms with Gasteiger partial charge in [-0.2, -0.15) is 0 Å². The highest BCUT2D eigenvalue weighted by atomic mass is 16.5. The van der Waals surface area contributed by atoms with Crippen molar-refractivity contribution < 1.29 is 9.47 Å². The van der Waals surface area contributed by atoms with Gasteiger partial charge in [-0.15, -0.1) is 0 Å². The van der Waals surface area contributed by atoms with Crippen LogP contribution in [-0.2, 0) is 13.2 Å². The number of hydrogen-bond donors (Lipinski definition) is 1. The molecule has 0 atom stereocenters. The summed E-state index contributed by atoms with van der Waals surface area (Å²) in [5, 5.41) is 0. The molecule has 0 aliphatic heterocycles. The highest BCUT2D eigenvalue weighted by Crippen LogP contribution is 2.25. The molecular weight excluding hydrogens is 250 g/mol. The minimum absolute atomic E-state index is 0.457. The van der Waals surface area contributed by atoms with Crippen LogP contribution in [0.1, 0.15) is 24.5 Å². The molecule has 0 saturated heterocycles. The molecule has 0 radical (unpaired) electrons. The molecule has 0 amide bonds. The molecule has 0 saturated carbocycles. The number of hydrogen-bond acceptors (Lipinski definition) is 3. The molecule has 2 aromatic carbocycles. The van der Waals surface area contributed by atoms with Gasteiger partial charge in [-0.25, -0.2) is 0 Å². The van der Waals surface area contributed by atoms with Crippen LogP contribution in [0.25, 0.3) is 0 Å². The molecule has 0 unspecified atom stereocenters. The smallest absolute Gasteiger partial charge is 0.127 e. The summed E-state index contributed by atoms with van der Waals surface area (Å²) >= 11 is 0. The van der Waals surface area contributed by atoms with Crippen molar-refractivity contribution in [1.82, 2.24) is 0 Å². The topological polar surface area (TPSA) is 44.5 Å². The minimum Gasteiger partial charge on any atom is -0.493 e. The SMILES string of the molecule is CCCOc1ccc(CN)c(OCc2ccccc2)c1. The first-order valence-corrected chi connectivity index (χ1v) is 6.96. The van der Waals surface area contributed by atoms with E-state index < -0.39 is 0 Å². The molecule has 3 nitrogen and oxygen atoms in total. The van der Waals surface area contributed by atoms with Crippen LogP contribution in [0.15, 0.2) is 48.5 Å². The molecule has 2 rings (SSSR count). The van der Waals surface area contributed by atoms with Crippen LogP contribution in [0.3, 0.4) is 0 Å². The van der Waals surface area contributed by atoms with E-state index in [0.29, 0.717) is 19.8 Å². The Balaban J connectivity index is 2.07. The molecular formula is C17H21NO2. The van der Waals surface area contributed by atoms with E-state index in [2.05, 4.69) is 6.92 Å². The Morgan fingerprint density at radius 1 is 1.00 bits per heavy atom. The number of benzene rings is 2. The monoisotopic (exact) mass is 271 g/mol. The van der Waals surface area contributed by atoms with Crippen LogP contribution >= 0.6 is 0 Å². The van der Waals surface area contributed by atoms with Gasteiger partial charge in [0.2, 0.25) is 0 Å². The average Bonchev–Trinajstić information content (AvgIpc) is 2.52. The van der Waals surface area contributed by atoms with Gasteiger partial charge in [0.1, 0.15) is 18.1 Å². The van der Waals surface area contributed by atoms with Crippen molar-refractivity contribution >= 4 is 0 Å². The zero-order chi connectivity index (χ0) is 14.2. The molecule has 0 fully saturated rings. The lowest BCUT2D eigenvalue weighted by molar-refractivity contribution is 0.292. The molecule has 0 aliphatic rings. The third-order valence-electron chi connectivity index (χ3n) is 2.97. The summed E-state index contributed by atoms with van der Waals surface area (Å²) in [6.07, 6.45) is 0.985. The third kappa shape index (κ3) is 4.00. The second kappa shape index (κ2) is 7.56. The lowest BCUT2D eigenvalue weighted by atomic mass is 10.2. The fourth-order valence-electron chi connectivity index (χ4n) is 1.88. The predicted molar refractivity (Wildman–Crippen MR) is 80.9 cm³/mol. The van der Waals surface area contributed by atoms with Crippen LogP contribution in [-0.4, -0.2) is 6.61 Å². The van der Waals surface area contributed by atoms with Gasteiger partial charge in [0.15, 0.2) is 0 Å². The van der Waals surface area contributed by atoms with Crippen LogP contribution in [0.2, 0.25) is 0 Å². The van der Waals surface area contributed by atoms with Gasteiger partial charge in [-0.05, 0) is 18.1 Å². The van der Waals surface area contributed by atoms with E-state index in [1.807, 2.05) is 48.5 Å². The molecule has 0 aliphatic carbocycles. The summed E-state index contributed by atoms with van der Waals surface area (Å²) in [5.41, 5.74) is 7.87. The van der Waals surface area contributed by atoms with Crippen molar-refractivity contribution in [2.75, 3.05) is 6.61 Å². The van der Waals surface area contributed by atoms with Crippen molar-refractivity contribution in [3.05, 3.63) is 59.7 Å². The van der Waals surface area contributed by atoms with Gasteiger partial charge < -0.3 is 15.2 Å². The largest absolute Gasteiger partial charge is 0.493 e. The number of nitrogens with two attached hydrogens (primary N) is 1. The molecule has 106 valence electrons. The van der Waals surface area contributed by atoms with Gasteiger partial charge >= 0.3 is 0 Å². The van der Waals surface area contributed by atoms with Crippen molar-refractivity contribution in [3.8, 4) is 11.5 Å². The maximum absolute atomic E-state index is 5.87. The van der Waals surface area contributed by atoms with E-state index >= 15 is 0 Å². The second-order valence-electron chi connectivity index (χ2n) is 4.60. The fourth-order valence-corrected chi connectivity index (χ4v) is 1.88. The Morgan fingerprint density at radius 2 is 1.80 bits per heavy atom. The van der Waals surface area contributed by atoms with E-state index in [0.717, 1.165) is 29.0 Å². The maximum Gasteiger partial charge on any atom is 0.127 e. The molecule has 3 heteroatoms. The molecule has 2 aromatic rings.